The highest BCUT2D eigenvalue weighted by atomic mass is 19.1. The topological polar surface area (TPSA) is 45.2 Å². The SMILES string of the molecule is O=C(c1ccncc1F)N1CCCCC1C1CCCN1. The minimum atomic E-state index is -0.527. The van der Waals surface area contributed by atoms with E-state index in [0.29, 0.717) is 6.04 Å². The number of nitrogens with one attached hydrogen (secondary N) is 1. The monoisotopic (exact) mass is 277 g/mol. The molecule has 2 aliphatic heterocycles. The van der Waals surface area contributed by atoms with Gasteiger partial charge in [0.05, 0.1) is 11.8 Å². The van der Waals surface area contributed by atoms with Crippen LogP contribution < -0.4 is 5.32 Å². The molecule has 2 unspecified atom stereocenters. The Morgan fingerprint density at radius 3 is 3.00 bits per heavy atom. The van der Waals surface area contributed by atoms with E-state index in [2.05, 4.69) is 10.3 Å². The lowest BCUT2D eigenvalue weighted by Crippen LogP contribution is -2.52. The molecule has 20 heavy (non-hydrogen) atoms. The van der Waals surface area contributed by atoms with Crippen molar-refractivity contribution in [2.24, 2.45) is 0 Å². The third-order valence-electron chi connectivity index (χ3n) is 4.38. The van der Waals surface area contributed by atoms with Crippen molar-refractivity contribution in [2.45, 2.75) is 44.2 Å². The Bertz CT molecular complexity index is 488. The summed E-state index contributed by atoms with van der Waals surface area (Å²) >= 11 is 0. The number of hydrogen-bond donors (Lipinski definition) is 1. The summed E-state index contributed by atoms with van der Waals surface area (Å²) in [5.74, 6) is -0.718. The van der Waals surface area contributed by atoms with Crippen molar-refractivity contribution in [3.63, 3.8) is 0 Å². The minimum Gasteiger partial charge on any atom is -0.334 e. The number of aromatic nitrogens is 1. The van der Waals surface area contributed by atoms with Crippen LogP contribution in [0.4, 0.5) is 4.39 Å². The summed E-state index contributed by atoms with van der Waals surface area (Å²) in [6, 6.07) is 2.04. The summed E-state index contributed by atoms with van der Waals surface area (Å²) in [6.45, 7) is 1.75. The lowest BCUT2D eigenvalue weighted by molar-refractivity contribution is 0.0558. The fourth-order valence-electron chi connectivity index (χ4n) is 3.37. The third kappa shape index (κ3) is 2.54. The van der Waals surface area contributed by atoms with Crippen LogP contribution in [0.2, 0.25) is 0 Å². The van der Waals surface area contributed by atoms with Crippen LogP contribution in [0, 0.1) is 5.82 Å². The second kappa shape index (κ2) is 5.87. The molecule has 1 amide bonds. The number of halogens is 1. The van der Waals surface area contributed by atoms with Gasteiger partial charge in [0.15, 0.2) is 5.82 Å². The number of hydrogen-bond acceptors (Lipinski definition) is 3. The van der Waals surface area contributed by atoms with Gasteiger partial charge in [-0.25, -0.2) is 4.39 Å². The van der Waals surface area contributed by atoms with Crippen LogP contribution in [0.3, 0.4) is 0 Å². The maximum Gasteiger partial charge on any atom is 0.257 e. The zero-order valence-electron chi connectivity index (χ0n) is 11.5. The van der Waals surface area contributed by atoms with Crippen molar-refractivity contribution < 1.29 is 9.18 Å². The normalized spacial score (nSPS) is 26.8. The second-order valence-corrected chi connectivity index (χ2v) is 5.62. The van der Waals surface area contributed by atoms with E-state index < -0.39 is 5.82 Å². The summed E-state index contributed by atoms with van der Waals surface area (Å²) in [7, 11) is 0. The maximum absolute atomic E-state index is 13.8. The Labute approximate surface area is 118 Å². The van der Waals surface area contributed by atoms with Gasteiger partial charge in [-0.1, -0.05) is 0 Å². The zero-order valence-corrected chi connectivity index (χ0v) is 11.5. The Morgan fingerprint density at radius 2 is 2.25 bits per heavy atom. The lowest BCUT2D eigenvalue weighted by atomic mass is 9.94. The van der Waals surface area contributed by atoms with Crippen molar-refractivity contribution >= 4 is 5.91 Å². The molecule has 1 aromatic rings. The second-order valence-electron chi connectivity index (χ2n) is 5.62. The molecule has 1 N–H and O–H groups in total. The fraction of sp³-hybridized carbons (Fsp3) is 0.600. The van der Waals surface area contributed by atoms with E-state index in [1.165, 1.54) is 12.3 Å². The average Bonchev–Trinajstić information content (AvgIpc) is 3.01. The predicted octanol–water partition coefficient (Wildman–Crippen LogP) is 1.97. The van der Waals surface area contributed by atoms with Gasteiger partial charge in [-0.3, -0.25) is 9.78 Å². The average molecular weight is 277 g/mol. The van der Waals surface area contributed by atoms with Crippen LogP contribution in [0.1, 0.15) is 42.5 Å². The molecular formula is C15H20FN3O. The molecule has 2 aliphatic rings. The van der Waals surface area contributed by atoms with Gasteiger partial charge >= 0.3 is 0 Å². The smallest absolute Gasteiger partial charge is 0.257 e. The van der Waals surface area contributed by atoms with Crippen LogP contribution in [-0.2, 0) is 0 Å². The number of piperidine rings is 1. The van der Waals surface area contributed by atoms with Gasteiger partial charge in [0.2, 0.25) is 0 Å². The number of rotatable bonds is 2. The molecule has 0 aromatic carbocycles. The molecular weight excluding hydrogens is 257 g/mol. The zero-order chi connectivity index (χ0) is 13.9. The molecule has 2 saturated heterocycles. The van der Waals surface area contributed by atoms with Gasteiger partial charge in [0.1, 0.15) is 0 Å². The highest BCUT2D eigenvalue weighted by Crippen LogP contribution is 2.26. The van der Waals surface area contributed by atoms with Gasteiger partial charge in [0.25, 0.3) is 5.91 Å². The van der Waals surface area contributed by atoms with E-state index in [-0.39, 0.29) is 17.5 Å². The maximum atomic E-state index is 13.8. The fourth-order valence-corrected chi connectivity index (χ4v) is 3.37. The quantitative estimate of drug-likeness (QED) is 0.899. The summed E-state index contributed by atoms with van der Waals surface area (Å²) in [5, 5.41) is 3.48. The van der Waals surface area contributed by atoms with Gasteiger partial charge in [0, 0.05) is 24.8 Å². The minimum absolute atomic E-state index is 0.143. The molecule has 108 valence electrons. The Morgan fingerprint density at radius 1 is 1.35 bits per heavy atom. The van der Waals surface area contributed by atoms with Crippen LogP contribution in [-0.4, -0.2) is 41.0 Å². The molecule has 0 spiro atoms. The highest BCUT2D eigenvalue weighted by molar-refractivity contribution is 5.94. The van der Waals surface area contributed by atoms with Crippen molar-refractivity contribution in [3.05, 3.63) is 29.8 Å². The molecule has 5 heteroatoms. The first kappa shape index (κ1) is 13.5. The Balaban J connectivity index is 1.82. The predicted molar refractivity (Wildman–Crippen MR) is 73.9 cm³/mol. The number of likely N-dealkylation sites (tertiary alicyclic amines) is 1. The van der Waals surface area contributed by atoms with Gasteiger partial charge in [-0.05, 0) is 44.7 Å². The van der Waals surface area contributed by atoms with Crippen LogP contribution >= 0.6 is 0 Å². The molecule has 3 heterocycles. The van der Waals surface area contributed by atoms with Gasteiger partial charge in [-0.2, -0.15) is 0 Å². The lowest BCUT2D eigenvalue weighted by Gasteiger charge is -2.39. The number of carbonyl (C=O) groups is 1. The van der Waals surface area contributed by atoms with E-state index in [0.717, 1.165) is 51.4 Å². The van der Waals surface area contributed by atoms with Crippen LogP contribution in [0.5, 0.6) is 0 Å². The Hall–Kier alpha value is -1.49. The Kier molecular flexibility index (Phi) is 3.96. The van der Waals surface area contributed by atoms with E-state index in [9.17, 15) is 9.18 Å². The van der Waals surface area contributed by atoms with Gasteiger partial charge < -0.3 is 10.2 Å². The molecule has 3 rings (SSSR count). The molecule has 0 saturated carbocycles. The number of pyridine rings is 1. The molecule has 0 aliphatic carbocycles. The molecule has 0 bridgehead atoms. The number of carbonyl (C=O) groups excluding carboxylic acids is 1. The third-order valence-corrected chi connectivity index (χ3v) is 4.38. The molecule has 2 fully saturated rings. The van der Waals surface area contributed by atoms with E-state index in [1.807, 2.05) is 4.90 Å². The summed E-state index contributed by atoms with van der Waals surface area (Å²) < 4.78 is 13.8. The van der Waals surface area contributed by atoms with Gasteiger partial charge in [-0.15, -0.1) is 0 Å². The first-order valence-corrected chi connectivity index (χ1v) is 7.41. The van der Waals surface area contributed by atoms with Crippen molar-refractivity contribution in [1.29, 1.82) is 0 Å². The standard InChI is InChI=1S/C15H20FN3O/c16-12-10-17-8-6-11(12)15(20)19-9-2-1-5-14(19)13-4-3-7-18-13/h6,8,10,13-14,18H,1-5,7,9H2. The van der Waals surface area contributed by atoms with E-state index >= 15 is 0 Å². The van der Waals surface area contributed by atoms with E-state index in [1.54, 1.807) is 0 Å². The number of amides is 1. The molecule has 4 nitrogen and oxygen atoms in total. The van der Waals surface area contributed by atoms with Crippen LogP contribution in [0.25, 0.3) is 0 Å². The number of nitrogens with zero attached hydrogens (tertiary/aromatic N) is 2. The van der Waals surface area contributed by atoms with Crippen molar-refractivity contribution in [1.82, 2.24) is 15.2 Å². The highest BCUT2D eigenvalue weighted by Gasteiger charge is 2.35. The molecule has 2 atom stereocenters. The molecule has 1 aromatic heterocycles. The van der Waals surface area contributed by atoms with E-state index in [4.69, 9.17) is 0 Å². The largest absolute Gasteiger partial charge is 0.334 e. The summed E-state index contributed by atoms with van der Waals surface area (Å²) in [5.41, 5.74) is 0.143. The molecule has 0 radical (unpaired) electrons. The van der Waals surface area contributed by atoms with Crippen molar-refractivity contribution in [3.8, 4) is 0 Å². The summed E-state index contributed by atoms with van der Waals surface area (Å²) in [4.78, 5) is 18.2. The first-order chi connectivity index (χ1) is 9.77. The van der Waals surface area contributed by atoms with Crippen LogP contribution in [0.15, 0.2) is 18.5 Å². The first-order valence-electron chi connectivity index (χ1n) is 7.41. The van der Waals surface area contributed by atoms with Crippen molar-refractivity contribution in [2.75, 3.05) is 13.1 Å². The summed E-state index contributed by atoms with van der Waals surface area (Å²) in [6.07, 6.45) is 8.01.